The van der Waals surface area contributed by atoms with Gasteiger partial charge in [0.15, 0.2) is 0 Å². The lowest BCUT2D eigenvalue weighted by Crippen LogP contribution is -2.50. The van der Waals surface area contributed by atoms with Crippen LogP contribution in [0.5, 0.6) is 0 Å². The number of carbonyl (C=O) groups excluding carboxylic acids is 1. The molecule has 0 spiro atoms. The fraction of sp³-hybridized carbons (Fsp3) is 0.500. The van der Waals surface area contributed by atoms with Gasteiger partial charge in [0.25, 0.3) is 0 Å². The van der Waals surface area contributed by atoms with Crippen molar-refractivity contribution < 1.29 is 18.0 Å². The lowest BCUT2D eigenvalue weighted by Gasteiger charge is -2.36. The number of anilines is 2. The highest BCUT2D eigenvalue weighted by Gasteiger charge is 2.31. The Labute approximate surface area is 212 Å². The van der Waals surface area contributed by atoms with Gasteiger partial charge in [-0.3, -0.25) is 0 Å². The van der Waals surface area contributed by atoms with E-state index >= 15 is 0 Å². The van der Waals surface area contributed by atoms with Gasteiger partial charge in [-0.1, -0.05) is 13.8 Å². The second-order valence-electron chi connectivity index (χ2n) is 9.72. The molecule has 1 atom stereocenters. The third-order valence-electron chi connectivity index (χ3n) is 6.99. The number of urea groups is 1. The Kier molecular flexibility index (Phi) is 6.80. The third-order valence-corrected chi connectivity index (χ3v) is 8.13. The third kappa shape index (κ3) is 5.00. The lowest BCUT2D eigenvalue weighted by molar-refractivity contribution is -0.137. The van der Waals surface area contributed by atoms with Crippen LogP contribution in [0, 0.1) is 5.92 Å². The zero-order valence-electron chi connectivity index (χ0n) is 20.5. The number of rotatable bonds is 4. The van der Waals surface area contributed by atoms with Crippen molar-refractivity contribution in [1.29, 1.82) is 0 Å². The van der Waals surface area contributed by atoms with E-state index < -0.39 is 11.7 Å². The number of aromatic nitrogens is 2. The van der Waals surface area contributed by atoms with Gasteiger partial charge < -0.3 is 15.1 Å². The van der Waals surface area contributed by atoms with Gasteiger partial charge in [0.2, 0.25) is 0 Å². The summed E-state index contributed by atoms with van der Waals surface area (Å²) in [5, 5.41) is 3.90. The predicted molar refractivity (Wildman–Crippen MR) is 137 cm³/mol. The summed E-state index contributed by atoms with van der Waals surface area (Å²) in [7, 11) is 0. The minimum absolute atomic E-state index is 0.309. The largest absolute Gasteiger partial charge is 0.416 e. The van der Waals surface area contributed by atoms with Crippen LogP contribution in [-0.4, -0.2) is 47.1 Å². The van der Waals surface area contributed by atoms with E-state index in [1.807, 2.05) is 11.3 Å². The van der Waals surface area contributed by atoms with E-state index in [0.29, 0.717) is 37.8 Å². The number of fused-ring (bicyclic) bond motifs is 3. The number of nitrogens with one attached hydrogen (secondary N) is 1. The molecule has 1 aliphatic carbocycles. The van der Waals surface area contributed by atoms with Gasteiger partial charge in [-0.15, -0.1) is 11.3 Å². The van der Waals surface area contributed by atoms with E-state index in [9.17, 15) is 18.0 Å². The highest BCUT2D eigenvalue weighted by Crippen LogP contribution is 2.41. The smallest absolute Gasteiger partial charge is 0.352 e. The molecule has 10 heteroatoms. The number of alkyl halides is 3. The van der Waals surface area contributed by atoms with Crippen molar-refractivity contribution in [3.05, 3.63) is 46.1 Å². The number of benzene rings is 1. The number of nitrogens with zero attached hydrogens (tertiary/aromatic N) is 4. The molecular formula is C26H30F3N5OS. The summed E-state index contributed by atoms with van der Waals surface area (Å²) >= 11 is 1.81. The van der Waals surface area contributed by atoms with E-state index in [1.165, 1.54) is 34.4 Å². The van der Waals surface area contributed by atoms with E-state index in [4.69, 9.17) is 9.97 Å². The minimum atomic E-state index is -4.40. The average molecular weight is 518 g/mol. The Balaban J connectivity index is 1.31. The van der Waals surface area contributed by atoms with Crippen LogP contribution in [-0.2, 0) is 25.4 Å². The standard InChI is InChI=1S/C26H30F3N5OS/c1-3-4-21-31-23(22-19-10-5-16(2)15-20(19)36-24(22)32-21)33-11-13-34(14-12-33)25(35)30-18-8-6-17(7-9-18)26(27,28)29/h6-9,16H,3-5,10-15H2,1-2H3,(H,30,35)/t16-/m0/s1. The van der Waals surface area contributed by atoms with Gasteiger partial charge in [-0.2, -0.15) is 13.2 Å². The van der Waals surface area contributed by atoms with Gasteiger partial charge in [0.1, 0.15) is 16.5 Å². The topological polar surface area (TPSA) is 61.4 Å². The first-order valence-corrected chi connectivity index (χ1v) is 13.3. The van der Waals surface area contributed by atoms with Crippen molar-refractivity contribution in [2.45, 2.75) is 52.1 Å². The van der Waals surface area contributed by atoms with Crippen LogP contribution in [0.3, 0.4) is 0 Å². The molecule has 1 saturated heterocycles. The van der Waals surface area contributed by atoms with Crippen molar-refractivity contribution >= 4 is 39.1 Å². The number of amides is 2. The lowest BCUT2D eigenvalue weighted by atomic mass is 9.89. The normalized spacial score (nSPS) is 18.4. The molecular weight excluding hydrogens is 487 g/mol. The fourth-order valence-electron chi connectivity index (χ4n) is 5.00. The SMILES string of the molecule is CCCc1nc(N2CCN(C(=O)Nc3ccc(C(F)(F)F)cc3)CC2)c2c3c(sc2n1)C[C@@H](C)CC3. The van der Waals surface area contributed by atoms with Crippen LogP contribution < -0.4 is 10.2 Å². The molecule has 6 nitrogen and oxygen atoms in total. The molecule has 2 amide bonds. The average Bonchev–Trinajstić information content (AvgIpc) is 3.21. The van der Waals surface area contributed by atoms with Crippen LogP contribution in [0.1, 0.15) is 48.5 Å². The van der Waals surface area contributed by atoms with Gasteiger partial charge in [-0.05, 0) is 61.4 Å². The van der Waals surface area contributed by atoms with Crippen LogP contribution in [0.15, 0.2) is 24.3 Å². The molecule has 3 heterocycles. The summed E-state index contributed by atoms with van der Waals surface area (Å²) < 4.78 is 38.4. The van der Waals surface area contributed by atoms with Crippen molar-refractivity contribution in [3.63, 3.8) is 0 Å². The molecule has 0 saturated carbocycles. The Morgan fingerprint density at radius 3 is 2.53 bits per heavy atom. The first kappa shape index (κ1) is 24.8. The highest BCUT2D eigenvalue weighted by atomic mass is 32.1. The predicted octanol–water partition coefficient (Wildman–Crippen LogP) is 6.14. The number of hydrogen-bond acceptors (Lipinski definition) is 5. The molecule has 0 bridgehead atoms. The molecule has 0 unspecified atom stereocenters. The maximum atomic E-state index is 12.8. The second-order valence-corrected chi connectivity index (χ2v) is 10.8. The second kappa shape index (κ2) is 9.88. The highest BCUT2D eigenvalue weighted by molar-refractivity contribution is 7.19. The molecule has 1 aliphatic heterocycles. The van der Waals surface area contributed by atoms with E-state index in [1.54, 1.807) is 4.90 Å². The van der Waals surface area contributed by atoms with Crippen LogP contribution in [0.2, 0.25) is 0 Å². The molecule has 192 valence electrons. The zero-order chi connectivity index (χ0) is 25.4. The van der Waals surface area contributed by atoms with Gasteiger partial charge in [0, 0.05) is 43.2 Å². The molecule has 3 aromatic rings. The van der Waals surface area contributed by atoms with Gasteiger partial charge in [-0.25, -0.2) is 14.8 Å². The molecule has 1 N–H and O–H groups in total. The minimum Gasteiger partial charge on any atom is -0.352 e. The summed E-state index contributed by atoms with van der Waals surface area (Å²) in [6, 6.07) is 4.21. The number of carbonyl (C=O) groups is 1. The number of thiophene rings is 1. The summed E-state index contributed by atoms with van der Waals surface area (Å²) in [5.41, 5.74) is 1.00. The van der Waals surface area contributed by atoms with Crippen molar-refractivity contribution in [1.82, 2.24) is 14.9 Å². The Morgan fingerprint density at radius 1 is 1.14 bits per heavy atom. The summed E-state index contributed by atoms with van der Waals surface area (Å²) in [4.78, 5) is 29.1. The van der Waals surface area contributed by atoms with Crippen molar-refractivity contribution in [2.24, 2.45) is 5.92 Å². The monoisotopic (exact) mass is 517 g/mol. The molecule has 2 aromatic heterocycles. The first-order chi connectivity index (χ1) is 17.2. The Bertz CT molecular complexity index is 1250. The molecule has 0 radical (unpaired) electrons. The van der Waals surface area contributed by atoms with Crippen LogP contribution in [0.4, 0.5) is 29.5 Å². The summed E-state index contributed by atoms with van der Waals surface area (Å²) in [6.45, 7) is 6.72. The summed E-state index contributed by atoms with van der Waals surface area (Å²) in [5.74, 6) is 2.54. The van der Waals surface area contributed by atoms with Gasteiger partial charge in [0.05, 0.1) is 10.9 Å². The quantitative estimate of drug-likeness (QED) is 0.452. The van der Waals surface area contributed by atoms with E-state index in [2.05, 4.69) is 24.1 Å². The van der Waals surface area contributed by atoms with Crippen molar-refractivity contribution in [3.8, 4) is 0 Å². The molecule has 1 fully saturated rings. The maximum absolute atomic E-state index is 12.8. The Hall–Kier alpha value is -2.88. The molecule has 2 aliphatic rings. The summed E-state index contributed by atoms with van der Waals surface area (Å²) in [6.07, 6.45) is 0.726. The molecule has 1 aromatic carbocycles. The number of hydrogen-bond donors (Lipinski definition) is 1. The fourth-order valence-corrected chi connectivity index (χ4v) is 6.39. The van der Waals surface area contributed by atoms with Crippen molar-refractivity contribution in [2.75, 3.05) is 36.4 Å². The zero-order valence-corrected chi connectivity index (χ0v) is 21.3. The number of piperazine rings is 1. The molecule has 36 heavy (non-hydrogen) atoms. The number of halogens is 3. The first-order valence-electron chi connectivity index (χ1n) is 12.5. The molecule has 5 rings (SSSR count). The van der Waals surface area contributed by atoms with E-state index in [-0.39, 0.29) is 6.03 Å². The number of aryl methyl sites for hydroxylation is 2. The Morgan fingerprint density at radius 2 is 1.86 bits per heavy atom. The van der Waals surface area contributed by atoms with E-state index in [0.717, 1.165) is 54.3 Å². The van der Waals surface area contributed by atoms with Crippen LogP contribution >= 0.6 is 11.3 Å². The maximum Gasteiger partial charge on any atom is 0.416 e. The van der Waals surface area contributed by atoms with Crippen LogP contribution in [0.25, 0.3) is 10.2 Å². The van der Waals surface area contributed by atoms with Gasteiger partial charge >= 0.3 is 12.2 Å².